The highest BCUT2D eigenvalue weighted by molar-refractivity contribution is 6.37. The lowest BCUT2D eigenvalue weighted by atomic mass is 9.79. The van der Waals surface area contributed by atoms with Crippen molar-refractivity contribution in [3.8, 4) is 5.75 Å². The number of phenols is 1. The fraction of sp³-hybridized carbons (Fsp3) is 0.600. The summed E-state index contributed by atoms with van der Waals surface area (Å²) in [6.07, 6.45) is 0. The van der Waals surface area contributed by atoms with E-state index in [1.165, 1.54) is 0 Å². The Hall–Kier alpha value is -0.230. The molecule has 1 heterocycles. The van der Waals surface area contributed by atoms with Crippen molar-refractivity contribution in [1.82, 2.24) is 10.2 Å². The molecular weight excluding hydrogens is 347 g/mol. The van der Waals surface area contributed by atoms with Crippen LogP contribution in [-0.4, -0.2) is 47.9 Å². The summed E-state index contributed by atoms with van der Waals surface area (Å²) in [7, 11) is 0. The maximum Gasteiger partial charge on any atom is 0.152 e. The maximum atomic E-state index is 9.79. The van der Waals surface area contributed by atoms with Gasteiger partial charge < -0.3 is 15.5 Å². The quantitative estimate of drug-likeness (QED) is 0.763. The second-order valence-corrected chi connectivity index (χ2v) is 6.98. The number of aliphatic hydroxyl groups is 1. The van der Waals surface area contributed by atoms with Crippen LogP contribution in [0.2, 0.25) is 10.0 Å². The van der Waals surface area contributed by atoms with E-state index in [1.807, 2.05) is 13.8 Å². The minimum absolute atomic E-state index is 0. The number of aliphatic hydroxyl groups excluding tert-OH is 1. The van der Waals surface area contributed by atoms with Gasteiger partial charge in [-0.2, -0.15) is 0 Å². The summed E-state index contributed by atoms with van der Waals surface area (Å²) in [6, 6.07) is 3.47. The lowest BCUT2D eigenvalue weighted by molar-refractivity contribution is 0.0305. The van der Waals surface area contributed by atoms with Crippen molar-refractivity contribution < 1.29 is 10.2 Å². The molecule has 0 amide bonds. The number of piperazine rings is 1. The average Bonchev–Trinajstić information content (AvgIpc) is 2.46. The molecule has 0 aromatic heterocycles. The molecule has 126 valence electrons. The van der Waals surface area contributed by atoms with Crippen molar-refractivity contribution in [2.24, 2.45) is 5.41 Å². The van der Waals surface area contributed by atoms with Gasteiger partial charge in [0.25, 0.3) is 0 Å². The number of aromatic hydroxyl groups is 1. The molecule has 1 saturated heterocycles. The molecule has 1 aliphatic rings. The number of benzene rings is 1. The molecule has 4 nitrogen and oxygen atoms in total. The van der Waals surface area contributed by atoms with Gasteiger partial charge in [0.05, 0.1) is 10.0 Å². The topological polar surface area (TPSA) is 55.7 Å². The van der Waals surface area contributed by atoms with Crippen molar-refractivity contribution in [1.29, 1.82) is 0 Å². The fourth-order valence-corrected chi connectivity index (χ4v) is 3.43. The predicted octanol–water partition coefficient (Wildman–Crippen LogP) is 3.09. The summed E-state index contributed by atoms with van der Waals surface area (Å²) >= 11 is 12.1. The number of phenolic OH excluding ortho intramolecular Hbond substituents is 1. The summed E-state index contributed by atoms with van der Waals surface area (Å²) in [4.78, 5) is 2.33. The van der Waals surface area contributed by atoms with Crippen LogP contribution in [0.15, 0.2) is 12.1 Å². The van der Waals surface area contributed by atoms with Crippen LogP contribution in [0.25, 0.3) is 0 Å². The van der Waals surface area contributed by atoms with Gasteiger partial charge >= 0.3 is 0 Å². The molecule has 0 radical (unpaired) electrons. The molecule has 3 N–H and O–H groups in total. The van der Waals surface area contributed by atoms with Crippen molar-refractivity contribution >= 4 is 35.6 Å². The number of rotatable bonds is 4. The molecule has 1 fully saturated rings. The summed E-state index contributed by atoms with van der Waals surface area (Å²) in [6.45, 7) is 7.71. The van der Waals surface area contributed by atoms with Crippen LogP contribution < -0.4 is 5.32 Å². The highest BCUT2D eigenvalue weighted by Crippen LogP contribution is 2.42. The van der Waals surface area contributed by atoms with Gasteiger partial charge in [0.1, 0.15) is 0 Å². The van der Waals surface area contributed by atoms with E-state index in [4.69, 9.17) is 23.2 Å². The van der Waals surface area contributed by atoms with Gasteiger partial charge in [-0.25, -0.2) is 0 Å². The van der Waals surface area contributed by atoms with E-state index in [9.17, 15) is 10.2 Å². The Morgan fingerprint density at radius 2 is 1.73 bits per heavy atom. The molecule has 1 atom stereocenters. The van der Waals surface area contributed by atoms with E-state index in [1.54, 1.807) is 12.1 Å². The van der Waals surface area contributed by atoms with Crippen LogP contribution in [-0.2, 0) is 0 Å². The molecule has 22 heavy (non-hydrogen) atoms. The van der Waals surface area contributed by atoms with Gasteiger partial charge in [-0.15, -0.1) is 12.4 Å². The van der Waals surface area contributed by atoms with E-state index in [0.717, 1.165) is 31.7 Å². The highest BCUT2D eigenvalue weighted by atomic mass is 35.5. The molecule has 1 aliphatic heterocycles. The molecule has 0 unspecified atom stereocenters. The number of nitrogens with zero attached hydrogens (tertiary/aromatic N) is 1. The normalized spacial score (nSPS) is 17.9. The second kappa shape index (κ2) is 8.04. The Morgan fingerprint density at radius 1 is 1.23 bits per heavy atom. The van der Waals surface area contributed by atoms with Gasteiger partial charge in [-0.05, 0) is 17.7 Å². The first-order chi connectivity index (χ1) is 9.86. The van der Waals surface area contributed by atoms with Gasteiger partial charge in [0.15, 0.2) is 5.75 Å². The Labute approximate surface area is 147 Å². The third-order valence-electron chi connectivity index (χ3n) is 4.02. The lowest BCUT2D eigenvalue weighted by Gasteiger charge is -2.43. The summed E-state index contributed by atoms with van der Waals surface area (Å²) < 4.78 is 0. The first kappa shape index (κ1) is 19.8. The fourth-order valence-electron chi connectivity index (χ4n) is 2.93. The number of hydrogen-bond donors (Lipinski definition) is 3. The molecule has 1 aromatic carbocycles. The molecule has 0 saturated carbocycles. The van der Waals surface area contributed by atoms with Crippen molar-refractivity contribution in [2.75, 3.05) is 32.8 Å². The third kappa shape index (κ3) is 4.19. The van der Waals surface area contributed by atoms with E-state index in [-0.39, 0.29) is 46.3 Å². The van der Waals surface area contributed by atoms with Crippen LogP contribution in [0.1, 0.15) is 25.5 Å². The molecule has 1 aromatic rings. The Kier molecular flexibility index (Phi) is 7.24. The molecule has 0 aliphatic carbocycles. The standard InChI is InChI=1S/C15H22Cl2N2O2.ClH/c1-15(2,9-20)14(19-5-3-18-4-6-19)10-7-11(16)13(21)12(17)8-10;/h7-8,14,18,20-21H,3-6,9H2,1-2H3;1H/t14-;/m0./s1. The largest absolute Gasteiger partial charge is 0.505 e. The highest BCUT2D eigenvalue weighted by Gasteiger charge is 2.36. The number of nitrogens with one attached hydrogen (secondary N) is 1. The summed E-state index contributed by atoms with van der Waals surface area (Å²) in [5, 5.41) is 23.3. The Morgan fingerprint density at radius 3 is 2.18 bits per heavy atom. The van der Waals surface area contributed by atoms with Crippen LogP contribution in [0.5, 0.6) is 5.75 Å². The van der Waals surface area contributed by atoms with E-state index < -0.39 is 0 Å². The van der Waals surface area contributed by atoms with Gasteiger partial charge in [0, 0.05) is 44.2 Å². The summed E-state index contributed by atoms with van der Waals surface area (Å²) in [5.74, 6) is -0.0945. The Balaban J connectivity index is 0.00000242. The minimum atomic E-state index is -0.346. The van der Waals surface area contributed by atoms with Crippen LogP contribution >= 0.6 is 35.6 Å². The Bertz CT molecular complexity index is 483. The zero-order chi connectivity index (χ0) is 15.6. The average molecular weight is 370 g/mol. The van der Waals surface area contributed by atoms with Crippen molar-refractivity contribution in [3.05, 3.63) is 27.7 Å². The molecule has 0 bridgehead atoms. The third-order valence-corrected chi connectivity index (χ3v) is 4.60. The van der Waals surface area contributed by atoms with Crippen LogP contribution in [0.3, 0.4) is 0 Å². The lowest BCUT2D eigenvalue weighted by Crippen LogP contribution is -2.49. The van der Waals surface area contributed by atoms with E-state index in [0.29, 0.717) is 0 Å². The van der Waals surface area contributed by atoms with Crippen LogP contribution in [0, 0.1) is 5.41 Å². The first-order valence-electron chi connectivity index (χ1n) is 7.10. The van der Waals surface area contributed by atoms with Gasteiger partial charge in [0.2, 0.25) is 0 Å². The van der Waals surface area contributed by atoms with E-state index >= 15 is 0 Å². The summed E-state index contributed by atoms with van der Waals surface area (Å²) in [5.41, 5.74) is 0.574. The number of hydrogen-bond acceptors (Lipinski definition) is 4. The van der Waals surface area contributed by atoms with E-state index in [2.05, 4.69) is 10.2 Å². The van der Waals surface area contributed by atoms with Gasteiger partial charge in [-0.1, -0.05) is 37.0 Å². The maximum absolute atomic E-state index is 9.79. The minimum Gasteiger partial charge on any atom is -0.505 e. The molecule has 2 rings (SSSR count). The predicted molar refractivity (Wildman–Crippen MR) is 93.4 cm³/mol. The van der Waals surface area contributed by atoms with Crippen molar-refractivity contribution in [2.45, 2.75) is 19.9 Å². The zero-order valence-corrected chi connectivity index (χ0v) is 15.1. The number of halogens is 3. The monoisotopic (exact) mass is 368 g/mol. The smallest absolute Gasteiger partial charge is 0.152 e. The van der Waals surface area contributed by atoms with Crippen molar-refractivity contribution in [3.63, 3.8) is 0 Å². The van der Waals surface area contributed by atoms with Crippen LogP contribution in [0.4, 0.5) is 0 Å². The molecule has 7 heteroatoms. The first-order valence-corrected chi connectivity index (χ1v) is 7.86. The SMILES string of the molecule is CC(C)(CO)[C@H](c1cc(Cl)c(O)c(Cl)c1)N1CCNCC1.Cl. The van der Waals surface area contributed by atoms with Gasteiger partial charge in [-0.3, -0.25) is 4.90 Å². The molecule has 0 spiro atoms. The molecular formula is C15H23Cl3N2O2. The second-order valence-electron chi connectivity index (χ2n) is 6.17. The zero-order valence-electron chi connectivity index (χ0n) is 12.8.